The monoisotopic (exact) mass is 449 g/mol. The molecule has 2 amide bonds. The number of rotatable bonds is 8. The molecule has 11 heteroatoms. The number of anilines is 1. The van der Waals surface area contributed by atoms with Crippen LogP contribution >= 0.6 is 11.3 Å². The van der Waals surface area contributed by atoms with Crippen LogP contribution in [0.15, 0.2) is 35.7 Å². The molecule has 0 aliphatic carbocycles. The zero-order valence-electron chi connectivity index (χ0n) is 16.4. The van der Waals surface area contributed by atoms with Gasteiger partial charge in [0.2, 0.25) is 5.75 Å². The summed E-state index contributed by atoms with van der Waals surface area (Å²) in [5.74, 6) is -2.09. The van der Waals surface area contributed by atoms with Gasteiger partial charge < -0.3 is 19.9 Å². The average molecular weight is 449 g/mol. The highest BCUT2D eigenvalue weighted by Crippen LogP contribution is 2.39. The molecule has 0 aliphatic heterocycles. The second kappa shape index (κ2) is 9.39. The first-order valence-corrected chi connectivity index (χ1v) is 9.59. The lowest BCUT2D eigenvalue weighted by atomic mass is 10.1. The molecule has 2 aromatic carbocycles. The summed E-state index contributed by atoms with van der Waals surface area (Å²) in [6, 6.07) is 5.80. The standard InChI is InChI=1S/C20H17F2N3O5S/c1-28-15-5-10(6-16(29-2)18(15)30-8-17(23)26)19(27)25-20-24-14(9-31-20)12-7-11(21)3-4-13(12)22/h3-7,9H,8H2,1-2H3,(H2,23,26)(H,24,25,27). The topological polar surface area (TPSA) is 113 Å². The van der Waals surface area contributed by atoms with Gasteiger partial charge in [0.1, 0.15) is 11.6 Å². The van der Waals surface area contributed by atoms with Crippen molar-refractivity contribution < 1.29 is 32.6 Å². The van der Waals surface area contributed by atoms with Gasteiger partial charge in [-0.05, 0) is 30.3 Å². The van der Waals surface area contributed by atoms with Crippen molar-refractivity contribution in [3.63, 3.8) is 0 Å². The van der Waals surface area contributed by atoms with Gasteiger partial charge in [-0.3, -0.25) is 14.9 Å². The Morgan fingerprint density at radius 2 is 1.81 bits per heavy atom. The smallest absolute Gasteiger partial charge is 0.257 e. The lowest BCUT2D eigenvalue weighted by Gasteiger charge is -2.15. The summed E-state index contributed by atoms with van der Waals surface area (Å²) in [5, 5.41) is 4.25. The van der Waals surface area contributed by atoms with Crippen LogP contribution in [0.3, 0.4) is 0 Å². The van der Waals surface area contributed by atoms with E-state index in [1.165, 1.54) is 31.7 Å². The van der Waals surface area contributed by atoms with Crippen LogP contribution in [0.1, 0.15) is 10.4 Å². The van der Waals surface area contributed by atoms with Crippen LogP contribution in [0.2, 0.25) is 0 Å². The number of nitrogens with two attached hydrogens (primary N) is 1. The molecule has 1 aromatic heterocycles. The Bertz CT molecular complexity index is 1110. The van der Waals surface area contributed by atoms with Gasteiger partial charge in [-0.25, -0.2) is 13.8 Å². The number of thiazole rings is 1. The van der Waals surface area contributed by atoms with E-state index in [0.29, 0.717) is 0 Å². The first kappa shape index (κ1) is 22.0. The molecule has 3 N–H and O–H groups in total. The maximum Gasteiger partial charge on any atom is 0.257 e. The lowest BCUT2D eigenvalue weighted by molar-refractivity contribution is -0.120. The second-order valence-corrected chi connectivity index (χ2v) is 6.94. The van der Waals surface area contributed by atoms with Crippen LogP contribution in [0, 0.1) is 11.6 Å². The lowest BCUT2D eigenvalue weighted by Crippen LogP contribution is -2.20. The third-order valence-electron chi connectivity index (χ3n) is 4.01. The van der Waals surface area contributed by atoms with Gasteiger partial charge >= 0.3 is 0 Å². The van der Waals surface area contributed by atoms with Gasteiger partial charge in [0.25, 0.3) is 11.8 Å². The molecule has 0 atom stereocenters. The number of ether oxygens (including phenoxy) is 3. The van der Waals surface area contributed by atoms with E-state index in [0.717, 1.165) is 29.5 Å². The SMILES string of the molecule is COc1cc(C(=O)Nc2nc(-c3cc(F)ccc3F)cs2)cc(OC)c1OCC(N)=O. The van der Waals surface area contributed by atoms with Crippen LogP contribution in [0.25, 0.3) is 11.3 Å². The van der Waals surface area contributed by atoms with Crippen molar-refractivity contribution in [3.8, 4) is 28.5 Å². The van der Waals surface area contributed by atoms with Gasteiger partial charge in [-0.15, -0.1) is 11.3 Å². The molecule has 1 heterocycles. The average Bonchev–Trinajstić information content (AvgIpc) is 3.21. The van der Waals surface area contributed by atoms with Gasteiger partial charge in [-0.2, -0.15) is 0 Å². The van der Waals surface area contributed by atoms with Crippen molar-refractivity contribution in [1.82, 2.24) is 4.98 Å². The van der Waals surface area contributed by atoms with Crippen molar-refractivity contribution in [2.45, 2.75) is 0 Å². The summed E-state index contributed by atoms with van der Waals surface area (Å²) >= 11 is 1.05. The van der Waals surface area contributed by atoms with Crippen molar-refractivity contribution in [2.24, 2.45) is 5.73 Å². The van der Waals surface area contributed by atoms with E-state index in [9.17, 15) is 18.4 Å². The molecule has 162 valence electrons. The van der Waals surface area contributed by atoms with Crippen LogP contribution in [-0.4, -0.2) is 37.6 Å². The number of amides is 2. The molecule has 0 bridgehead atoms. The minimum absolute atomic E-state index is 0.0176. The predicted molar refractivity (Wildman–Crippen MR) is 110 cm³/mol. The van der Waals surface area contributed by atoms with E-state index in [-0.39, 0.29) is 39.2 Å². The number of aromatic nitrogens is 1. The van der Waals surface area contributed by atoms with Crippen molar-refractivity contribution in [2.75, 3.05) is 26.1 Å². The number of hydrogen-bond acceptors (Lipinski definition) is 7. The molecule has 0 saturated heterocycles. The summed E-state index contributed by atoms with van der Waals surface area (Å²) in [5.41, 5.74) is 5.40. The fourth-order valence-corrected chi connectivity index (χ4v) is 3.32. The molecular formula is C20H17F2N3O5S. The molecule has 0 spiro atoms. The molecule has 0 radical (unpaired) electrons. The van der Waals surface area contributed by atoms with Crippen molar-refractivity contribution >= 4 is 28.3 Å². The quantitative estimate of drug-likeness (QED) is 0.546. The Labute approximate surface area is 179 Å². The largest absolute Gasteiger partial charge is 0.493 e. The molecule has 0 unspecified atom stereocenters. The van der Waals surface area contributed by atoms with Gasteiger partial charge in [0.05, 0.1) is 19.9 Å². The van der Waals surface area contributed by atoms with E-state index in [4.69, 9.17) is 19.9 Å². The molecule has 0 fully saturated rings. The normalized spacial score (nSPS) is 10.5. The van der Waals surface area contributed by atoms with E-state index in [1.807, 2.05) is 0 Å². The molecule has 3 aromatic rings. The fourth-order valence-electron chi connectivity index (χ4n) is 2.61. The Morgan fingerprint density at radius 3 is 2.42 bits per heavy atom. The molecule has 0 saturated carbocycles. The van der Waals surface area contributed by atoms with Crippen LogP contribution in [0.4, 0.5) is 13.9 Å². The number of carbonyl (C=O) groups is 2. The van der Waals surface area contributed by atoms with Crippen LogP contribution in [-0.2, 0) is 4.79 Å². The third kappa shape index (κ3) is 5.07. The Balaban J connectivity index is 1.84. The van der Waals surface area contributed by atoms with E-state index >= 15 is 0 Å². The number of methoxy groups -OCH3 is 2. The summed E-state index contributed by atoms with van der Waals surface area (Å²) in [6.45, 7) is -0.406. The number of benzene rings is 2. The molecule has 31 heavy (non-hydrogen) atoms. The van der Waals surface area contributed by atoms with E-state index in [2.05, 4.69) is 10.3 Å². The molecule has 8 nitrogen and oxygen atoms in total. The summed E-state index contributed by atoms with van der Waals surface area (Å²) in [4.78, 5) is 27.8. The second-order valence-electron chi connectivity index (χ2n) is 6.08. The van der Waals surface area contributed by atoms with Crippen molar-refractivity contribution in [1.29, 1.82) is 0 Å². The zero-order valence-corrected chi connectivity index (χ0v) is 17.2. The first-order valence-electron chi connectivity index (χ1n) is 8.71. The Morgan fingerprint density at radius 1 is 1.13 bits per heavy atom. The maximum atomic E-state index is 14.0. The van der Waals surface area contributed by atoms with Gasteiger partial charge in [0, 0.05) is 16.5 Å². The number of nitrogens with zero attached hydrogens (tertiary/aromatic N) is 1. The van der Waals surface area contributed by atoms with Crippen molar-refractivity contribution in [3.05, 3.63) is 52.9 Å². The number of carbonyl (C=O) groups excluding carboxylic acids is 2. The molecule has 0 aliphatic rings. The highest BCUT2D eigenvalue weighted by molar-refractivity contribution is 7.14. The van der Waals surface area contributed by atoms with E-state index < -0.39 is 30.1 Å². The maximum absolute atomic E-state index is 14.0. The summed E-state index contributed by atoms with van der Waals surface area (Å²) in [6.07, 6.45) is 0. The first-order chi connectivity index (χ1) is 14.8. The number of primary amides is 1. The molecule has 3 rings (SSSR count). The van der Waals surface area contributed by atoms with Crippen LogP contribution < -0.4 is 25.3 Å². The number of halogens is 2. The Kier molecular flexibility index (Phi) is 6.65. The highest BCUT2D eigenvalue weighted by atomic mass is 32.1. The summed E-state index contributed by atoms with van der Waals surface area (Å²) in [7, 11) is 2.71. The van der Waals surface area contributed by atoms with Gasteiger partial charge in [0.15, 0.2) is 23.2 Å². The predicted octanol–water partition coefficient (Wildman–Crippen LogP) is 3.22. The zero-order chi connectivity index (χ0) is 22.5. The molecular weight excluding hydrogens is 432 g/mol. The Hall–Kier alpha value is -3.73. The van der Waals surface area contributed by atoms with Crippen LogP contribution in [0.5, 0.6) is 17.2 Å². The highest BCUT2D eigenvalue weighted by Gasteiger charge is 2.19. The third-order valence-corrected chi connectivity index (χ3v) is 4.77. The fraction of sp³-hybridized carbons (Fsp3) is 0.150. The number of nitrogens with one attached hydrogen (secondary N) is 1. The van der Waals surface area contributed by atoms with E-state index in [1.54, 1.807) is 0 Å². The summed E-state index contributed by atoms with van der Waals surface area (Å²) < 4.78 is 43.1. The minimum atomic E-state index is -0.694. The van der Waals surface area contributed by atoms with Gasteiger partial charge in [-0.1, -0.05) is 0 Å². The minimum Gasteiger partial charge on any atom is -0.493 e. The number of hydrogen-bond donors (Lipinski definition) is 2.